The van der Waals surface area contributed by atoms with Crippen LogP contribution in [0.15, 0.2) is 66.7 Å². The molecule has 1 heterocycles. The molecule has 0 spiro atoms. The molecule has 1 aliphatic carbocycles. The van der Waals surface area contributed by atoms with Crippen molar-refractivity contribution in [2.45, 2.75) is 51.2 Å². The predicted octanol–water partition coefficient (Wildman–Crippen LogP) is 6.73. The molecule has 1 aromatic heterocycles. The minimum atomic E-state index is -1.03. The largest absolute Gasteiger partial charge is 0.496 e. The lowest BCUT2D eigenvalue weighted by Crippen LogP contribution is -2.26. The molecule has 7 heteroatoms. The molecule has 0 saturated heterocycles. The number of carboxylic acid groups (broad SMARTS) is 1. The van der Waals surface area contributed by atoms with Crippen LogP contribution in [0.3, 0.4) is 0 Å². The van der Waals surface area contributed by atoms with Gasteiger partial charge in [-0.2, -0.15) is 0 Å². The lowest BCUT2D eigenvalue weighted by molar-refractivity contribution is -0.129. The lowest BCUT2D eigenvalue weighted by atomic mass is 9.81. The number of hydrogen-bond acceptors (Lipinski definition) is 4. The van der Waals surface area contributed by atoms with Gasteiger partial charge in [-0.05, 0) is 71.8 Å². The zero-order chi connectivity index (χ0) is 28.2. The monoisotopic (exact) mass is 540 g/mol. The second-order valence-corrected chi connectivity index (χ2v) is 10.6. The van der Waals surface area contributed by atoms with Crippen LogP contribution in [0, 0.1) is 0 Å². The van der Waals surface area contributed by atoms with Gasteiger partial charge in [-0.25, -0.2) is 4.79 Å². The highest BCUT2D eigenvalue weighted by Crippen LogP contribution is 2.47. The Morgan fingerprint density at radius 2 is 1.68 bits per heavy atom. The number of ether oxygens (including phenoxy) is 2. The van der Waals surface area contributed by atoms with Crippen molar-refractivity contribution >= 4 is 22.8 Å². The third-order valence-corrected chi connectivity index (χ3v) is 7.82. The van der Waals surface area contributed by atoms with Gasteiger partial charge in [0, 0.05) is 19.5 Å². The van der Waals surface area contributed by atoms with Crippen molar-refractivity contribution < 1.29 is 24.2 Å². The summed E-state index contributed by atoms with van der Waals surface area (Å²) in [6.07, 6.45) is 5.55. The van der Waals surface area contributed by atoms with Crippen molar-refractivity contribution in [2.75, 3.05) is 21.2 Å². The first-order chi connectivity index (χ1) is 19.4. The van der Waals surface area contributed by atoms with Crippen molar-refractivity contribution in [3.63, 3.8) is 0 Å². The van der Waals surface area contributed by atoms with Crippen LogP contribution in [0.25, 0.3) is 22.2 Å². The van der Waals surface area contributed by atoms with Crippen LogP contribution in [0.4, 0.5) is 0 Å². The van der Waals surface area contributed by atoms with E-state index in [0.29, 0.717) is 17.9 Å². The van der Waals surface area contributed by atoms with Gasteiger partial charge >= 0.3 is 5.97 Å². The standard InChI is InChI=1S/C33H36N2O5/c1-34(2)29(36)20-35-27-18-25(33(37)38)19-28(39-3)31(27)30(23-12-8-5-9-13-23)32(35)24-14-16-26(17-15-24)40-21-22-10-6-4-7-11-22/h4,6-7,10-11,14-19,23H,5,8-9,12-13,20-21H2,1-3H3,(H,37,38). The number of methoxy groups -OCH3 is 1. The Bertz CT molecular complexity index is 1500. The summed E-state index contributed by atoms with van der Waals surface area (Å²) in [6.45, 7) is 0.560. The van der Waals surface area contributed by atoms with E-state index < -0.39 is 5.97 Å². The van der Waals surface area contributed by atoms with Gasteiger partial charge in [0.05, 0.1) is 23.9 Å². The maximum Gasteiger partial charge on any atom is 0.335 e. The zero-order valence-electron chi connectivity index (χ0n) is 23.4. The first-order valence-corrected chi connectivity index (χ1v) is 13.8. The summed E-state index contributed by atoms with van der Waals surface area (Å²) < 4.78 is 13.8. The van der Waals surface area contributed by atoms with E-state index in [1.165, 1.54) is 6.42 Å². The SMILES string of the molecule is COc1cc(C(=O)O)cc2c1c(C1CCCCC1)c(-c1ccc(OCc3ccccc3)cc1)n2CC(=O)N(C)C. The van der Waals surface area contributed by atoms with E-state index in [1.54, 1.807) is 38.2 Å². The van der Waals surface area contributed by atoms with Gasteiger partial charge in [0.15, 0.2) is 0 Å². The molecule has 1 fully saturated rings. The second kappa shape index (κ2) is 11.9. The highest BCUT2D eigenvalue weighted by atomic mass is 16.5. The van der Waals surface area contributed by atoms with Crippen LogP contribution < -0.4 is 9.47 Å². The molecule has 0 atom stereocenters. The van der Waals surface area contributed by atoms with Gasteiger partial charge in [0.25, 0.3) is 0 Å². The summed E-state index contributed by atoms with van der Waals surface area (Å²) in [7, 11) is 5.04. The number of aromatic nitrogens is 1. The third-order valence-electron chi connectivity index (χ3n) is 7.82. The summed E-state index contributed by atoms with van der Waals surface area (Å²) >= 11 is 0. The molecule has 5 rings (SSSR count). The number of nitrogens with zero attached hydrogens (tertiary/aromatic N) is 2. The normalized spacial score (nSPS) is 13.8. The van der Waals surface area contributed by atoms with Crippen LogP contribution in [0.5, 0.6) is 11.5 Å². The molecule has 0 bridgehead atoms. The molecule has 1 N–H and O–H groups in total. The van der Waals surface area contributed by atoms with Crippen molar-refractivity contribution in [3.05, 3.63) is 83.4 Å². The summed E-state index contributed by atoms with van der Waals surface area (Å²) in [5.41, 5.74) is 4.95. The van der Waals surface area contributed by atoms with E-state index in [0.717, 1.165) is 59.2 Å². The molecule has 1 amide bonds. The Labute approximate surface area is 234 Å². The first-order valence-electron chi connectivity index (χ1n) is 13.8. The summed E-state index contributed by atoms with van der Waals surface area (Å²) in [5, 5.41) is 10.8. The van der Waals surface area contributed by atoms with Gasteiger partial charge in [-0.1, -0.05) is 49.6 Å². The highest BCUT2D eigenvalue weighted by Gasteiger charge is 2.30. The van der Waals surface area contributed by atoms with E-state index in [9.17, 15) is 14.7 Å². The maximum absolute atomic E-state index is 13.1. The third kappa shape index (κ3) is 5.55. The quantitative estimate of drug-likeness (QED) is 0.255. The molecule has 3 aromatic carbocycles. The molecule has 0 unspecified atom stereocenters. The van der Waals surface area contributed by atoms with Crippen molar-refractivity contribution in [1.82, 2.24) is 9.47 Å². The number of carbonyl (C=O) groups excluding carboxylic acids is 1. The fourth-order valence-corrected chi connectivity index (χ4v) is 5.74. The van der Waals surface area contributed by atoms with E-state index >= 15 is 0 Å². The molecular formula is C33H36N2O5. The molecule has 0 radical (unpaired) electrons. The van der Waals surface area contributed by atoms with E-state index in [1.807, 2.05) is 59.2 Å². The number of aromatic carboxylic acids is 1. The van der Waals surface area contributed by atoms with Crippen LogP contribution in [-0.4, -0.2) is 47.7 Å². The predicted molar refractivity (Wildman–Crippen MR) is 156 cm³/mol. The van der Waals surface area contributed by atoms with Gasteiger partial charge in [0.2, 0.25) is 5.91 Å². The Balaban J connectivity index is 1.68. The molecule has 4 aromatic rings. The smallest absolute Gasteiger partial charge is 0.335 e. The van der Waals surface area contributed by atoms with Gasteiger partial charge in [0.1, 0.15) is 24.7 Å². The van der Waals surface area contributed by atoms with E-state index in [4.69, 9.17) is 9.47 Å². The van der Waals surface area contributed by atoms with Gasteiger partial charge in [-0.15, -0.1) is 0 Å². The topological polar surface area (TPSA) is 81.0 Å². The molecule has 0 aliphatic heterocycles. The fourth-order valence-electron chi connectivity index (χ4n) is 5.74. The number of fused-ring (bicyclic) bond motifs is 1. The number of likely N-dealkylation sites (N-methyl/N-ethyl adjacent to an activating group) is 1. The second-order valence-electron chi connectivity index (χ2n) is 10.6. The van der Waals surface area contributed by atoms with E-state index in [-0.39, 0.29) is 23.9 Å². The van der Waals surface area contributed by atoms with Crippen molar-refractivity contribution in [1.29, 1.82) is 0 Å². The Morgan fingerprint density at radius 3 is 2.30 bits per heavy atom. The molecule has 7 nitrogen and oxygen atoms in total. The highest BCUT2D eigenvalue weighted by molar-refractivity contribution is 6.02. The number of benzene rings is 3. The van der Waals surface area contributed by atoms with Crippen LogP contribution in [0.2, 0.25) is 0 Å². The summed E-state index contributed by atoms with van der Waals surface area (Å²) in [6, 6.07) is 21.3. The fraction of sp³-hybridized carbons (Fsp3) is 0.333. The number of carbonyl (C=O) groups is 2. The lowest BCUT2D eigenvalue weighted by Gasteiger charge is -2.24. The Hall–Kier alpha value is -4.26. The van der Waals surface area contributed by atoms with Crippen LogP contribution in [0.1, 0.15) is 59.5 Å². The number of rotatable bonds is 9. The number of carboxylic acids is 1. The first kappa shape index (κ1) is 27.3. The van der Waals surface area contributed by atoms with Crippen LogP contribution >= 0.6 is 0 Å². The Kier molecular flexibility index (Phi) is 8.10. The zero-order valence-corrected chi connectivity index (χ0v) is 23.4. The molecule has 40 heavy (non-hydrogen) atoms. The molecular weight excluding hydrogens is 504 g/mol. The molecule has 1 aliphatic rings. The number of amides is 1. The molecule has 208 valence electrons. The minimum Gasteiger partial charge on any atom is -0.496 e. The number of hydrogen-bond donors (Lipinski definition) is 1. The van der Waals surface area contributed by atoms with E-state index in [2.05, 4.69) is 0 Å². The Morgan fingerprint density at radius 1 is 0.975 bits per heavy atom. The maximum atomic E-state index is 13.1. The van der Waals surface area contributed by atoms with Crippen LogP contribution in [-0.2, 0) is 17.9 Å². The van der Waals surface area contributed by atoms with Crippen molar-refractivity contribution in [2.24, 2.45) is 0 Å². The summed E-state index contributed by atoms with van der Waals surface area (Å²) in [5.74, 6) is 0.448. The van der Waals surface area contributed by atoms with Gasteiger partial charge < -0.3 is 24.0 Å². The minimum absolute atomic E-state index is 0.0733. The van der Waals surface area contributed by atoms with Crippen molar-refractivity contribution in [3.8, 4) is 22.8 Å². The van der Waals surface area contributed by atoms with Gasteiger partial charge in [-0.3, -0.25) is 4.79 Å². The summed E-state index contributed by atoms with van der Waals surface area (Å²) in [4.78, 5) is 26.7. The average molecular weight is 541 g/mol. The molecule has 1 saturated carbocycles. The average Bonchev–Trinajstić information content (AvgIpc) is 3.30.